The summed E-state index contributed by atoms with van der Waals surface area (Å²) in [4.78, 5) is 23.8. The summed E-state index contributed by atoms with van der Waals surface area (Å²) in [7, 11) is 0. The molecule has 84 valence electrons. The van der Waals surface area contributed by atoms with Crippen LogP contribution in [0.25, 0.3) is 0 Å². The predicted molar refractivity (Wildman–Crippen MR) is 54.3 cm³/mol. The molecular weight excluding hydrogens is 194 g/mol. The quantitative estimate of drug-likeness (QED) is 0.696. The number of nitrogens with zero attached hydrogens (tertiary/aromatic N) is 1. The third-order valence-corrected chi connectivity index (χ3v) is 3.86. The summed E-state index contributed by atoms with van der Waals surface area (Å²) in [5, 5.41) is 9.13. The number of rotatable bonds is 2. The van der Waals surface area contributed by atoms with Crippen LogP contribution in [0, 0.1) is 11.8 Å². The molecule has 0 bridgehead atoms. The van der Waals surface area contributed by atoms with Crippen molar-refractivity contribution in [2.75, 3.05) is 6.54 Å². The van der Waals surface area contributed by atoms with E-state index in [1.807, 2.05) is 4.90 Å². The van der Waals surface area contributed by atoms with E-state index in [4.69, 9.17) is 5.11 Å². The Bertz CT molecular complexity index is 267. The highest BCUT2D eigenvalue weighted by Gasteiger charge is 2.41. The first-order chi connectivity index (χ1) is 7.24. The molecule has 2 aliphatic rings. The first-order valence-electron chi connectivity index (χ1n) is 5.68. The average Bonchev–Trinajstić information content (AvgIpc) is 2.27. The summed E-state index contributed by atoms with van der Waals surface area (Å²) in [6.45, 7) is 0.803. The highest BCUT2D eigenvalue weighted by molar-refractivity contribution is 5.70. The van der Waals surface area contributed by atoms with Crippen molar-refractivity contribution in [1.29, 1.82) is 0 Å². The molecule has 0 radical (unpaired) electrons. The van der Waals surface area contributed by atoms with Gasteiger partial charge in [-0.3, -0.25) is 9.59 Å². The number of carboxylic acid groups (broad SMARTS) is 1. The molecule has 1 heterocycles. The van der Waals surface area contributed by atoms with Crippen molar-refractivity contribution >= 4 is 12.4 Å². The van der Waals surface area contributed by atoms with Crippen molar-refractivity contribution in [2.45, 2.75) is 38.1 Å². The molecule has 1 saturated carbocycles. The number of amides is 1. The molecular formula is C11H17NO3. The number of piperidine rings is 1. The SMILES string of the molecule is O=CN1CCCC2C(C(=O)O)CCCC21. The Balaban J connectivity index is 2.14. The molecule has 4 heteroatoms. The van der Waals surface area contributed by atoms with E-state index in [0.717, 1.165) is 45.1 Å². The van der Waals surface area contributed by atoms with Crippen LogP contribution in [0.15, 0.2) is 0 Å². The summed E-state index contributed by atoms with van der Waals surface area (Å²) < 4.78 is 0. The van der Waals surface area contributed by atoms with Crippen LogP contribution in [0.5, 0.6) is 0 Å². The van der Waals surface area contributed by atoms with Gasteiger partial charge in [0, 0.05) is 12.6 Å². The lowest BCUT2D eigenvalue weighted by molar-refractivity contribution is -0.149. The van der Waals surface area contributed by atoms with Crippen LogP contribution in [0.3, 0.4) is 0 Å². The van der Waals surface area contributed by atoms with E-state index in [2.05, 4.69) is 0 Å². The molecule has 0 aromatic heterocycles. The minimum Gasteiger partial charge on any atom is -0.481 e. The lowest BCUT2D eigenvalue weighted by Gasteiger charge is -2.44. The second kappa shape index (κ2) is 4.21. The highest BCUT2D eigenvalue weighted by Crippen LogP contribution is 2.38. The summed E-state index contributed by atoms with van der Waals surface area (Å²) >= 11 is 0. The van der Waals surface area contributed by atoms with Gasteiger partial charge in [0.2, 0.25) is 6.41 Å². The molecule has 2 fully saturated rings. The van der Waals surface area contributed by atoms with Gasteiger partial charge in [-0.15, -0.1) is 0 Å². The fourth-order valence-electron chi connectivity index (χ4n) is 3.16. The first kappa shape index (κ1) is 10.5. The first-order valence-corrected chi connectivity index (χ1v) is 5.68. The summed E-state index contributed by atoms with van der Waals surface area (Å²) in [6.07, 6.45) is 5.50. The summed E-state index contributed by atoms with van der Waals surface area (Å²) in [6, 6.07) is 0.186. The molecule has 15 heavy (non-hydrogen) atoms. The normalized spacial score (nSPS) is 35.7. The van der Waals surface area contributed by atoms with Gasteiger partial charge in [0.15, 0.2) is 0 Å². The van der Waals surface area contributed by atoms with Crippen molar-refractivity contribution in [3.05, 3.63) is 0 Å². The Labute approximate surface area is 89.3 Å². The molecule has 1 saturated heterocycles. The van der Waals surface area contributed by atoms with E-state index < -0.39 is 5.97 Å². The van der Waals surface area contributed by atoms with Gasteiger partial charge in [-0.05, 0) is 31.6 Å². The number of likely N-dealkylation sites (tertiary alicyclic amines) is 1. The smallest absolute Gasteiger partial charge is 0.306 e. The number of hydrogen-bond donors (Lipinski definition) is 1. The third kappa shape index (κ3) is 1.85. The van der Waals surface area contributed by atoms with E-state index in [1.165, 1.54) is 0 Å². The Morgan fingerprint density at radius 3 is 2.73 bits per heavy atom. The Morgan fingerprint density at radius 1 is 1.27 bits per heavy atom. The van der Waals surface area contributed by atoms with Gasteiger partial charge in [0.25, 0.3) is 0 Å². The van der Waals surface area contributed by atoms with Crippen LogP contribution < -0.4 is 0 Å². The van der Waals surface area contributed by atoms with Crippen LogP contribution in [-0.2, 0) is 9.59 Å². The summed E-state index contributed by atoms with van der Waals surface area (Å²) in [5.74, 6) is -0.723. The summed E-state index contributed by atoms with van der Waals surface area (Å²) in [5.41, 5.74) is 0. The van der Waals surface area contributed by atoms with Gasteiger partial charge in [-0.1, -0.05) is 6.42 Å². The number of carbonyl (C=O) groups is 2. The van der Waals surface area contributed by atoms with Gasteiger partial charge in [-0.25, -0.2) is 0 Å². The molecule has 1 amide bonds. The lowest BCUT2D eigenvalue weighted by atomic mass is 9.71. The van der Waals surface area contributed by atoms with E-state index in [1.54, 1.807) is 0 Å². The zero-order valence-corrected chi connectivity index (χ0v) is 8.76. The van der Waals surface area contributed by atoms with Crippen LogP contribution in [0.1, 0.15) is 32.1 Å². The van der Waals surface area contributed by atoms with Crippen LogP contribution in [0.2, 0.25) is 0 Å². The maximum Gasteiger partial charge on any atom is 0.306 e. The number of hydrogen-bond acceptors (Lipinski definition) is 2. The highest BCUT2D eigenvalue weighted by atomic mass is 16.4. The number of fused-ring (bicyclic) bond motifs is 1. The molecule has 0 spiro atoms. The van der Waals surface area contributed by atoms with Crippen molar-refractivity contribution < 1.29 is 14.7 Å². The van der Waals surface area contributed by atoms with Crippen LogP contribution >= 0.6 is 0 Å². The molecule has 2 rings (SSSR count). The molecule has 0 aromatic carbocycles. The van der Waals surface area contributed by atoms with Gasteiger partial charge >= 0.3 is 5.97 Å². The molecule has 3 unspecified atom stereocenters. The van der Waals surface area contributed by atoms with Gasteiger partial charge in [-0.2, -0.15) is 0 Å². The monoisotopic (exact) mass is 211 g/mol. The zero-order valence-electron chi connectivity index (χ0n) is 8.76. The minimum atomic E-state index is -0.683. The fraction of sp³-hybridized carbons (Fsp3) is 0.818. The zero-order chi connectivity index (χ0) is 10.8. The van der Waals surface area contributed by atoms with Crippen LogP contribution in [0.4, 0.5) is 0 Å². The predicted octanol–water partition coefficient (Wildman–Crippen LogP) is 1.11. The maximum atomic E-state index is 11.1. The molecule has 1 aliphatic heterocycles. The lowest BCUT2D eigenvalue weighted by Crippen LogP contribution is -2.50. The van der Waals surface area contributed by atoms with Crippen molar-refractivity contribution in [3.63, 3.8) is 0 Å². The Kier molecular flexibility index (Phi) is 2.93. The van der Waals surface area contributed by atoms with E-state index in [0.29, 0.717) is 0 Å². The van der Waals surface area contributed by atoms with Crippen molar-refractivity contribution in [2.24, 2.45) is 11.8 Å². The molecule has 1 N–H and O–H groups in total. The second-order valence-corrected chi connectivity index (χ2v) is 4.59. The Hall–Kier alpha value is -1.06. The standard InChI is InChI=1S/C11H17NO3/c13-7-12-6-2-4-8-9(11(14)15)3-1-5-10(8)12/h7-10H,1-6H2,(H,14,15). The second-order valence-electron chi connectivity index (χ2n) is 4.59. The van der Waals surface area contributed by atoms with Crippen molar-refractivity contribution in [1.82, 2.24) is 4.90 Å². The van der Waals surface area contributed by atoms with Gasteiger partial charge in [0.1, 0.15) is 0 Å². The van der Waals surface area contributed by atoms with Gasteiger partial charge < -0.3 is 10.0 Å². The van der Waals surface area contributed by atoms with E-state index in [-0.39, 0.29) is 17.9 Å². The molecule has 0 aromatic rings. The van der Waals surface area contributed by atoms with Crippen molar-refractivity contribution in [3.8, 4) is 0 Å². The fourth-order valence-corrected chi connectivity index (χ4v) is 3.16. The van der Waals surface area contributed by atoms with E-state index >= 15 is 0 Å². The molecule has 3 atom stereocenters. The van der Waals surface area contributed by atoms with Gasteiger partial charge in [0.05, 0.1) is 5.92 Å². The topological polar surface area (TPSA) is 57.6 Å². The maximum absolute atomic E-state index is 11.1. The number of aliphatic carboxylic acids is 1. The average molecular weight is 211 g/mol. The molecule has 4 nitrogen and oxygen atoms in total. The third-order valence-electron chi connectivity index (χ3n) is 3.86. The largest absolute Gasteiger partial charge is 0.481 e. The Morgan fingerprint density at radius 2 is 2.07 bits per heavy atom. The van der Waals surface area contributed by atoms with Crippen LogP contribution in [-0.4, -0.2) is 35.0 Å². The van der Waals surface area contributed by atoms with E-state index in [9.17, 15) is 9.59 Å². The molecule has 1 aliphatic carbocycles. The number of carboxylic acids is 1. The number of carbonyl (C=O) groups excluding carboxylic acids is 1. The minimum absolute atomic E-state index is 0.186.